The maximum Gasteiger partial charge on any atom is 0.261 e. The van der Waals surface area contributed by atoms with Crippen molar-refractivity contribution < 1.29 is 22.3 Å². The van der Waals surface area contributed by atoms with Gasteiger partial charge in [-0.05, 0) is 48.5 Å². The Labute approximate surface area is 162 Å². The molecule has 0 aliphatic carbocycles. The van der Waals surface area contributed by atoms with Crippen LogP contribution in [-0.2, 0) is 10.0 Å². The van der Waals surface area contributed by atoms with E-state index in [-0.39, 0.29) is 10.6 Å². The Morgan fingerprint density at radius 1 is 0.929 bits per heavy atom. The number of carbonyl (C=O) groups excluding carboxylic acids is 1. The first-order chi connectivity index (χ1) is 13.4. The van der Waals surface area contributed by atoms with Crippen LogP contribution in [0.4, 0.5) is 15.8 Å². The van der Waals surface area contributed by atoms with E-state index in [1.54, 1.807) is 24.3 Å². The van der Waals surface area contributed by atoms with E-state index < -0.39 is 21.7 Å². The molecule has 0 spiro atoms. The molecule has 8 heteroatoms. The lowest BCUT2D eigenvalue weighted by Crippen LogP contribution is -2.15. The summed E-state index contributed by atoms with van der Waals surface area (Å²) in [7, 11) is -2.50. The lowest BCUT2D eigenvalue weighted by Gasteiger charge is -2.11. The molecule has 0 aromatic heterocycles. The molecule has 0 aliphatic heterocycles. The minimum atomic E-state index is -3.97. The smallest absolute Gasteiger partial charge is 0.261 e. The lowest BCUT2D eigenvalue weighted by atomic mass is 10.2. The van der Waals surface area contributed by atoms with E-state index in [2.05, 4.69) is 10.0 Å². The number of hydrogen-bond donors (Lipinski definition) is 2. The van der Waals surface area contributed by atoms with E-state index >= 15 is 0 Å². The zero-order valence-electron chi connectivity index (χ0n) is 14.8. The third-order valence-electron chi connectivity index (χ3n) is 3.89. The van der Waals surface area contributed by atoms with Crippen LogP contribution in [0.3, 0.4) is 0 Å². The van der Waals surface area contributed by atoms with Crippen molar-refractivity contribution >= 4 is 27.3 Å². The fraction of sp³-hybridized carbons (Fsp3) is 0.0500. The van der Waals surface area contributed by atoms with Gasteiger partial charge in [0.25, 0.3) is 15.9 Å². The zero-order valence-corrected chi connectivity index (χ0v) is 15.7. The van der Waals surface area contributed by atoms with Gasteiger partial charge in [0.15, 0.2) is 0 Å². The molecule has 1 amide bonds. The van der Waals surface area contributed by atoms with E-state index in [1.165, 1.54) is 49.6 Å². The number of benzene rings is 3. The first kappa shape index (κ1) is 19.4. The number of methoxy groups -OCH3 is 1. The van der Waals surface area contributed by atoms with Crippen molar-refractivity contribution in [2.75, 3.05) is 17.1 Å². The van der Waals surface area contributed by atoms with Crippen molar-refractivity contribution in [3.05, 3.63) is 84.2 Å². The number of nitrogens with one attached hydrogen (secondary N) is 2. The molecule has 0 saturated heterocycles. The van der Waals surface area contributed by atoms with E-state index in [0.717, 1.165) is 6.07 Å². The average molecular weight is 400 g/mol. The maximum absolute atomic E-state index is 13.7. The highest BCUT2D eigenvalue weighted by molar-refractivity contribution is 7.92. The predicted molar refractivity (Wildman–Crippen MR) is 105 cm³/mol. The Kier molecular flexibility index (Phi) is 5.60. The summed E-state index contributed by atoms with van der Waals surface area (Å²) in [6, 6.07) is 17.8. The van der Waals surface area contributed by atoms with Gasteiger partial charge in [0.1, 0.15) is 11.6 Å². The normalized spacial score (nSPS) is 10.9. The number of para-hydroxylation sites is 2. The van der Waals surface area contributed by atoms with Gasteiger partial charge >= 0.3 is 0 Å². The Morgan fingerprint density at radius 3 is 2.25 bits per heavy atom. The van der Waals surface area contributed by atoms with Gasteiger partial charge in [-0.1, -0.05) is 24.3 Å². The topological polar surface area (TPSA) is 84.5 Å². The first-order valence-corrected chi connectivity index (χ1v) is 9.71. The molecule has 2 N–H and O–H groups in total. The minimum Gasteiger partial charge on any atom is -0.496 e. The van der Waals surface area contributed by atoms with Crippen LogP contribution < -0.4 is 14.8 Å². The molecule has 6 nitrogen and oxygen atoms in total. The molecule has 0 heterocycles. The van der Waals surface area contributed by atoms with Crippen LogP contribution in [0, 0.1) is 5.82 Å². The monoisotopic (exact) mass is 400 g/mol. The quantitative estimate of drug-likeness (QED) is 0.658. The van der Waals surface area contributed by atoms with Gasteiger partial charge in [0, 0.05) is 5.69 Å². The van der Waals surface area contributed by atoms with Gasteiger partial charge in [0.2, 0.25) is 0 Å². The standard InChI is InChI=1S/C20H17FN2O4S/c1-27-19-9-5-2-6-16(19)20(24)22-14-10-12-15(13-11-14)28(25,26)23-18-8-4-3-7-17(18)21/h2-13,23H,1H3,(H,22,24). The summed E-state index contributed by atoms with van der Waals surface area (Å²) in [5, 5.41) is 2.68. The second kappa shape index (κ2) is 8.10. The van der Waals surface area contributed by atoms with Crippen LogP contribution in [0.2, 0.25) is 0 Å². The van der Waals surface area contributed by atoms with Gasteiger partial charge in [-0.2, -0.15) is 0 Å². The molecule has 28 heavy (non-hydrogen) atoms. The number of halogens is 1. The molecule has 0 unspecified atom stereocenters. The zero-order chi connectivity index (χ0) is 20.1. The summed E-state index contributed by atoms with van der Waals surface area (Å²) in [5.41, 5.74) is 0.611. The molecule has 0 aliphatic rings. The number of sulfonamides is 1. The molecular formula is C20H17FN2O4S. The molecular weight excluding hydrogens is 383 g/mol. The average Bonchev–Trinajstić information content (AvgIpc) is 2.70. The minimum absolute atomic E-state index is 0.0638. The Bertz CT molecular complexity index is 1100. The fourth-order valence-electron chi connectivity index (χ4n) is 2.50. The Hall–Kier alpha value is -3.39. The molecule has 3 aromatic carbocycles. The van der Waals surface area contributed by atoms with Gasteiger partial charge in [0.05, 0.1) is 23.3 Å². The largest absolute Gasteiger partial charge is 0.496 e. The summed E-state index contributed by atoms with van der Waals surface area (Å²) in [4.78, 5) is 12.3. The maximum atomic E-state index is 13.7. The van der Waals surface area contributed by atoms with Crippen LogP contribution >= 0.6 is 0 Å². The highest BCUT2D eigenvalue weighted by Crippen LogP contribution is 2.22. The molecule has 0 atom stereocenters. The van der Waals surface area contributed by atoms with Crippen molar-refractivity contribution in [3.63, 3.8) is 0 Å². The molecule has 3 aromatic rings. The van der Waals surface area contributed by atoms with Crippen LogP contribution in [0.5, 0.6) is 5.75 Å². The number of rotatable bonds is 6. The highest BCUT2D eigenvalue weighted by Gasteiger charge is 2.17. The van der Waals surface area contributed by atoms with E-state index in [1.807, 2.05) is 0 Å². The number of ether oxygens (including phenoxy) is 1. The highest BCUT2D eigenvalue weighted by atomic mass is 32.2. The number of carbonyl (C=O) groups is 1. The predicted octanol–water partition coefficient (Wildman–Crippen LogP) is 3.89. The number of hydrogen-bond acceptors (Lipinski definition) is 4. The van der Waals surface area contributed by atoms with E-state index in [4.69, 9.17) is 4.74 Å². The van der Waals surface area contributed by atoms with Crippen LogP contribution in [0.15, 0.2) is 77.7 Å². The van der Waals surface area contributed by atoms with Crippen molar-refractivity contribution in [2.45, 2.75) is 4.90 Å². The molecule has 144 valence electrons. The van der Waals surface area contributed by atoms with Crippen molar-refractivity contribution in [3.8, 4) is 5.75 Å². The fourth-order valence-corrected chi connectivity index (χ4v) is 3.56. The summed E-state index contributed by atoms with van der Waals surface area (Å²) in [6.45, 7) is 0. The molecule has 3 rings (SSSR count). The van der Waals surface area contributed by atoms with Crippen LogP contribution in [0.1, 0.15) is 10.4 Å². The second-order valence-corrected chi connectivity index (χ2v) is 7.45. The molecule has 0 fully saturated rings. The molecule has 0 bridgehead atoms. The number of anilines is 2. The van der Waals surface area contributed by atoms with Gasteiger partial charge < -0.3 is 10.1 Å². The Morgan fingerprint density at radius 2 is 1.57 bits per heavy atom. The number of amides is 1. The van der Waals surface area contributed by atoms with E-state index in [9.17, 15) is 17.6 Å². The van der Waals surface area contributed by atoms with Crippen molar-refractivity contribution in [1.29, 1.82) is 0 Å². The summed E-state index contributed by atoms with van der Waals surface area (Å²) >= 11 is 0. The Balaban J connectivity index is 1.76. The molecule has 0 saturated carbocycles. The van der Waals surface area contributed by atoms with Gasteiger partial charge in [-0.25, -0.2) is 12.8 Å². The van der Waals surface area contributed by atoms with E-state index in [0.29, 0.717) is 17.0 Å². The molecule has 0 radical (unpaired) electrons. The van der Waals surface area contributed by atoms with Gasteiger partial charge in [-0.3, -0.25) is 9.52 Å². The third kappa shape index (κ3) is 4.29. The first-order valence-electron chi connectivity index (χ1n) is 8.22. The van der Waals surface area contributed by atoms with Gasteiger partial charge in [-0.15, -0.1) is 0 Å². The summed E-state index contributed by atoms with van der Waals surface area (Å²) in [5.74, 6) is -0.641. The van der Waals surface area contributed by atoms with Crippen molar-refractivity contribution in [2.24, 2.45) is 0 Å². The lowest BCUT2D eigenvalue weighted by molar-refractivity contribution is 0.102. The second-order valence-electron chi connectivity index (χ2n) is 5.76. The van der Waals surface area contributed by atoms with Crippen LogP contribution in [0.25, 0.3) is 0 Å². The SMILES string of the molecule is COc1ccccc1C(=O)Nc1ccc(S(=O)(=O)Nc2ccccc2F)cc1. The summed E-state index contributed by atoms with van der Waals surface area (Å²) in [6.07, 6.45) is 0. The summed E-state index contributed by atoms with van der Waals surface area (Å²) < 4.78 is 45.9. The third-order valence-corrected chi connectivity index (χ3v) is 5.27. The van der Waals surface area contributed by atoms with Crippen molar-refractivity contribution in [1.82, 2.24) is 0 Å². The van der Waals surface area contributed by atoms with Crippen LogP contribution in [-0.4, -0.2) is 21.4 Å².